The van der Waals surface area contributed by atoms with Crippen LogP contribution in [-0.4, -0.2) is 19.2 Å². The maximum atomic E-state index is 5.66. The monoisotopic (exact) mass is 329 g/mol. The summed E-state index contributed by atoms with van der Waals surface area (Å²) in [6, 6.07) is 24.6. The van der Waals surface area contributed by atoms with Crippen LogP contribution >= 0.6 is 0 Å². The zero-order valence-corrected chi connectivity index (χ0v) is 14.2. The summed E-state index contributed by atoms with van der Waals surface area (Å²) in [5, 5.41) is 1.03. The molecule has 0 aliphatic carbocycles. The Morgan fingerprint density at radius 2 is 1.20 bits per heavy atom. The molecule has 0 saturated carbocycles. The molecule has 0 spiro atoms. The molecule has 0 fully saturated rings. The summed E-state index contributed by atoms with van der Waals surface area (Å²) in [4.78, 5) is 3.57. The Kier molecular flexibility index (Phi) is 3.90. The Hall–Kier alpha value is -3.20. The van der Waals surface area contributed by atoms with Crippen LogP contribution in [0.15, 0.2) is 72.8 Å². The van der Waals surface area contributed by atoms with Crippen LogP contribution in [0.3, 0.4) is 0 Å². The third-order valence-electron chi connectivity index (χ3n) is 4.44. The lowest BCUT2D eigenvalue weighted by Gasteiger charge is -2.09. The van der Waals surface area contributed by atoms with Crippen LogP contribution < -0.4 is 9.47 Å². The third-order valence-corrected chi connectivity index (χ3v) is 4.44. The summed E-state index contributed by atoms with van der Waals surface area (Å²) in [6.07, 6.45) is 0. The Morgan fingerprint density at radius 1 is 0.640 bits per heavy atom. The van der Waals surface area contributed by atoms with Crippen LogP contribution in [0.4, 0.5) is 0 Å². The van der Waals surface area contributed by atoms with Crippen molar-refractivity contribution in [1.29, 1.82) is 0 Å². The normalized spacial score (nSPS) is 10.8. The summed E-state index contributed by atoms with van der Waals surface area (Å²) in [7, 11) is 3.39. The number of nitrogens with one attached hydrogen (secondary N) is 1. The summed E-state index contributed by atoms with van der Waals surface area (Å²) < 4.78 is 11.2. The van der Waals surface area contributed by atoms with Gasteiger partial charge in [0.25, 0.3) is 0 Å². The topological polar surface area (TPSA) is 34.2 Å². The van der Waals surface area contributed by atoms with Gasteiger partial charge in [0.05, 0.1) is 30.8 Å². The fraction of sp³-hybridized carbons (Fsp3) is 0.0909. The van der Waals surface area contributed by atoms with E-state index >= 15 is 0 Å². The maximum absolute atomic E-state index is 5.66. The molecule has 0 atom stereocenters. The summed E-state index contributed by atoms with van der Waals surface area (Å²) in [6.45, 7) is 0. The SMILES string of the molecule is COc1ccc(OC)c2c(-c3ccccc3)c(-c3ccccc3)[nH]c12. The Labute approximate surface area is 146 Å². The summed E-state index contributed by atoms with van der Waals surface area (Å²) >= 11 is 0. The molecule has 0 aliphatic heterocycles. The van der Waals surface area contributed by atoms with Gasteiger partial charge in [0.2, 0.25) is 0 Å². The van der Waals surface area contributed by atoms with E-state index in [2.05, 4.69) is 41.4 Å². The molecule has 4 aromatic rings. The number of rotatable bonds is 4. The fourth-order valence-corrected chi connectivity index (χ4v) is 3.30. The van der Waals surface area contributed by atoms with Gasteiger partial charge in [-0.1, -0.05) is 60.7 Å². The third kappa shape index (κ3) is 2.54. The maximum Gasteiger partial charge on any atom is 0.143 e. The van der Waals surface area contributed by atoms with Gasteiger partial charge in [-0.3, -0.25) is 0 Å². The minimum Gasteiger partial charge on any atom is -0.496 e. The van der Waals surface area contributed by atoms with Crippen molar-refractivity contribution in [3.8, 4) is 33.9 Å². The second-order valence-corrected chi connectivity index (χ2v) is 5.83. The van der Waals surface area contributed by atoms with E-state index in [0.29, 0.717) is 0 Å². The van der Waals surface area contributed by atoms with Gasteiger partial charge in [0, 0.05) is 5.56 Å². The highest BCUT2D eigenvalue weighted by Crippen LogP contribution is 2.45. The van der Waals surface area contributed by atoms with Gasteiger partial charge in [-0.05, 0) is 23.3 Å². The van der Waals surface area contributed by atoms with Gasteiger partial charge in [-0.15, -0.1) is 0 Å². The molecule has 0 aliphatic rings. The van der Waals surface area contributed by atoms with Crippen LogP contribution in [0.1, 0.15) is 0 Å². The van der Waals surface area contributed by atoms with Crippen LogP contribution in [0.25, 0.3) is 33.3 Å². The largest absolute Gasteiger partial charge is 0.496 e. The number of H-pyrrole nitrogens is 1. The first-order chi connectivity index (χ1) is 12.3. The number of hydrogen-bond donors (Lipinski definition) is 1. The molecule has 3 nitrogen and oxygen atoms in total. The van der Waals surface area contributed by atoms with Crippen LogP contribution in [0.5, 0.6) is 11.5 Å². The van der Waals surface area contributed by atoms with E-state index in [9.17, 15) is 0 Å². The molecule has 25 heavy (non-hydrogen) atoms. The van der Waals surface area contributed by atoms with Gasteiger partial charge in [-0.2, -0.15) is 0 Å². The molecule has 1 heterocycles. The number of aromatic amines is 1. The summed E-state index contributed by atoms with van der Waals surface area (Å²) in [5.41, 5.74) is 5.39. The van der Waals surface area contributed by atoms with Crippen molar-refractivity contribution in [2.24, 2.45) is 0 Å². The smallest absolute Gasteiger partial charge is 0.143 e. The zero-order chi connectivity index (χ0) is 17.2. The molecule has 0 radical (unpaired) electrons. The predicted molar refractivity (Wildman–Crippen MR) is 102 cm³/mol. The highest BCUT2D eigenvalue weighted by molar-refractivity contribution is 6.09. The first kappa shape index (κ1) is 15.3. The molecule has 4 rings (SSSR count). The molecule has 1 aromatic heterocycles. The average molecular weight is 329 g/mol. The minimum absolute atomic E-state index is 0.801. The first-order valence-corrected chi connectivity index (χ1v) is 8.21. The molecule has 0 bridgehead atoms. The van der Waals surface area contributed by atoms with Gasteiger partial charge in [-0.25, -0.2) is 0 Å². The van der Waals surface area contributed by atoms with Crippen LogP contribution in [0, 0.1) is 0 Å². The Balaban J connectivity index is 2.14. The highest BCUT2D eigenvalue weighted by Gasteiger charge is 2.20. The first-order valence-electron chi connectivity index (χ1n) is 8.21. The number of aromatic nitrogens is 1. The van der Waals surface area contributed by atoms with Crippen molar-refractivity contribution >= 4 is 10.9 Å². The van der Waals surface area contributed by atoms with E-state index in [4.69, 9.17) is 9.47 Å². The second kappa shape index (κ2) is 6.36. The number of fused-ring (bicyclic) bond motifs is 1. The van der Waals surface area contributed by atoms with E-state index in [0.717, 1.165) is 44.8 Å². The molecule has 3 heteroatoms. The van der Waals surface area contributed by atoms with E-state index in [1.807, 2.05) is 36.4 Å². The predicted octanol–water partition coefficient (Wildman–Crippen LogP) is 5.52. The number of hydrogen-bond acceptors (Lipinski definition) is 2. The van der Waals surface area contributed by atoms with Crippen molar-refractivity contribution in [2.45, 2.75) is 0 Å². The summed E-state index contributed by atoms with van der Waals surface area (Å²) in [5.74, 6) is 1.63. The van der Waals surface area contributed by atoms with E-state index < -0.39 is 0 Å². The quantitative estimate of drug-likeness (QED) is 0.535. The van der Waals surface area contributed by atoms with Gasteiger partial charge in [0.15, 0.2) is 0 Å². The lowest BCUT2D eigenvalue weighted by molar-refractivity contribution is 0.410. The highest BCUT2D eigenvalue weighted by atomic mass is 16.5. The average Bonchev–Trinajstić information content (AvgIpc) is 3.09. The van der Waals surface area contributed by atoms with Crippen molar-refractivity contribution in [2.75, 3.05) is 14.2 Å². The number of methoxy groups -OCH3 is 2. The van der Waals surface area contributed by atoms with Crippen molar-refractivity contribution in [3.05, 3.63) is 72.8 Å². The zero-order valence-electron chi connectivity index (χ0n) is 14.2. The molecule has 3 aromatic carbocycles. The molecule has 0 amide bonds. The Morgan fingerprint density at radius 3 is 1.80 bits per heavy atom. The van der Waals surface area contributed by atoms with Crippen molar-refractivity contribution in [3.63, 3.8) is 0 Å². The number of benzene rings is 3. The van der Waals surface area contributed by atoms with Crippen LogP contribution in [-0.2, 0) is 0 Å². The molecule has 1 N–H and O–H groups in total. The molecule has 0 saturated heterocycles. The van der Waals surface area contributed by atoms with Crippen molar-refractivity contribution < 1.29 is 9.47 Å². The second-order valence-electron chi connectivity index (χ2n) is 5.83. The van der Waals surface area contributed by atoms with E-state index in [-0.39, 0.29) is 0 Å². The minimum atomic E-state index is 0.801. The fourth-order valence-electron chi connectivity index (χ4n) is 3.30. The van der Waals surface area contributed by atoms with Gasteiger partial charge < -0.3 is 14.5 Å². The van der Waals surface area contributed by atoms with E-state index in [1.54, 1.807) is 14.2 Å². The molecular formula is C22H19NO2. The standard InChI is InChI=1S/C22H19NO2/c1-24-17-13-14-18(25-2)22-20(17)19(15-9-5-3-6-10-15)21(23-22)16-11-7-4-8-12-16/h3-14,23H,1-2H3. The van der Waals surface area contributed by atoms with E-state index in [1.165, 1.54) is 0 Å². The van der Waals surface area contributed by atoms with Crippen molar-refractivity contribution in [1.82, 2.24) is 4.98 Å². The lowest BCUT2D eigenvalue weighted by atomic mass is 9.98. The lowest BCUT2D eigenvalue weighted by Crippen LogP contribution is -1.88. The van der Waals surface area contributed by atoms with Gasteiger partial charge in [0.1, 0.15) is 11.5 Å². The molecular weight excluding hydrogens is 310 g/mol. The molecule has 0 unspecified atom stereocenters. The van der Waals surface area contributed by atoms with Gasteiger partial charge >= 0.3 is 0 Å². The molecule has 124 valence electrons. The number of ether oxygens (including phenoxy) is 2. The Bertz CT molecular complexity index is 1000. The van der Waals surface area contributed by atoms with Crippen LogP contribution in [0.2, 0.25) is 0 Å².